The third-order valence-electron chi connectivity index (χ3n) is 5.87. The summed E-state index contributed by atoms with van der Waals surface area (Å²) in [6, 6.07) is 14.6. The van der Waals surface area contributed by atoms with Crippen molar-refractivity contribution in [2.75, 3.05) is 0 Å². The molecule has 0 spiro atoms. The summed E-state index contributed by atoms with van der Waals surface area (Å²) in [5.74, 6) is -0.266. The third kappa shape index (κ3) is 5.05. The average Bonchev–Trinajstić information content (AvgIpc) is 3.05. The molecule has 0 bridgehead atoms. The van der Waals surface area contributed by atoms with Gasteiger partial charge in [-0.15, -0.1) is 0 Å². The Bertz CT molecular complexity index is 1400. The zero-order valence-electron chi connectivity index (χ0n) is 18.5. The quantitative estimate of drug-likeness (QED) is 0.585. The number of nitrogens with zero attached hydrogens (tertiary/aromatic N) is 1. The summed E-state index contributed by atoms with van der Waals surface area (Å²) in [7, 11) is -3.59. The molecule has 0 aliphatic heterocycles. The van der Waals surface area contributed by atoms with Crippen molar-refractivity contribution in [2.45, 2.75) is 48.6 Å². The van der Waals surface area contributed by atoms with Gasteiger partial charge in [-0.25, -0.2) is 8.42 Å². The first kappa shape index (κ1) is 22.9. The zero-order chi connectivity index (χ0) is 23.4. The van der Waals surface area contributed by atoms with Crippen LogP contribution in [0.4, 0.5) is 0 Å². The van der Waals surface area contributed by atoms with E-state index in [1.165, 1.54) is 0 Å². The Labute approximate surface area is 193 Å². The number of sulfone groups is 1. The monoisotopic (exact) mass is 461 g/mol. The van der Waals surface area contributed by atoms with Crippen molar-refractivity contribution in [3.05, 3.63) is 88.6 Å². The highest BCUT2D eigenvalue weighted by Crippen LogP contribution is 2.22. The van der Waals surface area contributed by atoms with Crippen LogP contribution in [0, 0.1) is 6.92 Å². The van der Waals surface area contributed by atoms with Crippen LogP contribution < -0.4 is 21.5 Å². The molecule has 1 unspecified atom stereocenters. The highest BCUT2D eigenvalue weighted by molar-refractivity contribution is 7.91. The van der Waals surface area contributed by atoms with Gasteiger partial charge in [0.05, 0.1) is 9.79 Å². The van der Waals surface area contributed by atoms with E-state index in [-0.39, 0.29) is 22.2 Å². The van der Waals surface area contributed by atoms with Crippen LogP contribution in [-0.4, -0.2) is 25.4 Å². The van der Waals surface area contributed by atoms with Crippen LogP contribution in [0.3, 0.4) is 0 Å². The van der Waals surface area contributed by atoms with E-state index in [2.05, 4.69) is 16.4 Å². The number of hydrogen-bond donors (Lipinski definition) is 2. The van der Waals surface area contributed by atoms with Crippen LogP contribution >= 0.6 is 0 Å². The lowest BCUT2D eigenvalue weighted by Crippen LogP contribution is -2.44. The molecule has 1 amide bonds. The number of hydrogen-bond acceptors (Lipinski definition) is 5. The van der Waals surface area contributed by atoms with Crippen LogP contribution in [-0.2, 0) is 21.2 Å². The number of pyridine rings is 1. The van der Waals surface area contributed by atoms with Gasteiger partial charge in [-0.05, 0) is 78.4 Å². The highest BCUT2D eigenvalue weighted by atomic mass is 32.2. The minimum atomic E-state index is -3.59. The van der Waals surface area contributed by atoms with Crippen molar-refractivity contribution in [3.63, 3.8) is 0 Å². The van der Waals surface area contributed by atoms with Crippen LogP contribution in [0.5, 0.6) is 0 Å². The molecule has 3 N–H and O–H groups in total. The predicted octanol–water partition coefficient (Wildman–Crippen LogP) is 1.98. The first-order valence-electron chi connectivity index (χ1n) is 10.9. The Kier molecular flexibility index (Phi) is 6.72. The normalized spacial score (nSPS) is 14.5. The standard InChI is InChI=1S/C26H27N3O3S/c1-18-5-4-7-22(15-18)33(31,32)21-11-9-19(10-12-21)16-29-26(30)25(27)23-8-3-2-6-20-13-14-28-17-24(20)23/h4-7,9-15,17,25H,2-3,8,16,27H2,1H3,(H,29,30). The smallest absolute Gasteiger partial charge is 0.241 e. The Balaban J connectivity index is 1.47. The maximum atomic E-state index is 12.9. The first-order valence-corrected chi connectivity index (χ1v) is 12.4. The van der Waals surface area contributed by atoms with Crippen molar-refractivity contribution >= 4 is 27.4 Å². The Morgan fingerprint density at radius 2 is 1.91 bits per heavy atom. The van der Waals surface area contributed by atoms with Crippen molar-refractivity contribution in [3.8, 4) is 0 Å². The van der Waals surface area contributed by atoms with Gasteiger partial charge in [0.1, 0.15) is 6.04 Å². The SMILES string of the molecule is Cc1cccc(S(=O)(=O)c2ccc(CNC(=O)C(N)C3=c4cnccc4=CCCC3)cc2)c1. The molecule has 1 aliphatic carbocycles. The lowest BCUT2D eigenvalue weighted by molar-refractivity contribution is -0.121. The number of nitrogens with one attached hydrogen (secondary N) is 1. The Hall–Kier alpha value is -3.29. The highest BCUT2D eigenvalue weighted by Gasteiger charge is 2.21. The van der Waals surface area contributed by atoms with Gasteiger partial charge >= 0.3 is 0 Å². The molecule has 0 fully saturated rings. The summed E-state index contributed by atoms with van der Waals surface area (Å²) in [4.78, 5) is 17.5. The zero-order valence-corrected chi connectivity index (χ0v) is 19.3. The van der Waals surface area contributed by atoms with E-state index in [0.29, 0.717) is 0 Å². The molecule has 0 saturated heterocycles. The molecular formula is C26H27N3O3S. The van der Waals surface area contributed by atoms with Gasteiger partial charge in [-0.3, -0.25) is 9.78 Å². The number of nitrogens with two attached hydrogens (primary N) is 1. The number of carbonyl (C=O) groups excluding carboxylic acids is 1. The number of benzene rings is 2. The topological polar surface area (TPSA) is 102 Å². The lowest BCUT2D eigenvalue weighted by Gasteiger charge is -2.16. The number of rotatable bonds is 6. The van der Waals surface area contributed by atoms with Crippen LogP contribution in [0.1, 0.15) is 30.4 Å². The van der Waals surface area contributed by atoms with E-state index in [9.17, 15) is 13.2 Å². The lowest BCUT2D eigenvalue weighted by atomic mass is 10.00. The predicted molar refractivity (Wildman–Crippen MR) is 128 cm³/mol. The van der Waals surface area contributed by atoms with Crippen molar-refractivity contribution in [1.29, 1.82) is 0 Å². The van der Waals surface area contributed by atoms with E-state index in [1.54, 1.807) is 54.9 Å². The molecule has 4 rings (SSSR count). The average molecular weight is 462 g/mol. The van der Waals surface area contributed by atoms with E-state index < -0.39 is 15.9 Å². The van der Waals surface area contributed by atoms with Gasteiger partial charge in [0.25, 0.3) is 0 Å². The van der Waals surface area contributed by atoms with Gasteiger partial charge in [-0.2, -0.15) is 0 Å². The second-order valence-electron chi connectivity index (χ2n) is 8.24. The van der Waals surface area contributed by atoms with Gasteiger partial charge in [0, 0.05) is 24.2 Å². The molecule has 33 heavy (non-hydrogen) atoms. The van der Waals surface area contributed by atoms with Crippen molar-refractivity contribution < 1.29 is 13.2 Å². The molecular weight excluding hydrogens is 434 g/mol. The molecule has 1 aromatic heterocycles. The van der Waals surface area contributed by atoms with Crippen LogP contribution in [0.2, 0.25) is 0 Å². The molecule has 170 valence electrons. The third-order valence-corrected chi connectivity index (χ3v) is 7.64. The van der Waals surface area contributed by atoms with Gasteiger partial charge < -0.3 is 11.1 Å². The summed E-state index contributed by atoms with van der Waals surface area (Å²) in [5, 5.41) is 4.87. The minimum Gasteiger partial charge on any atom is -0.350 e. The molecule has 2 aromatic carbocycles. The molecule has 1 heterocycles. The molecule has 0 saturated carbocycles. The molecule has 7 heteroatoms. The summed E-state index contributed by atoms with van der Waals surface area (Å²) in [5.41, 5.74) is 8.90. The van der Waals surface area contributed by atoms with Crippen LogP contribution in [0.25, 0.3) is 11.6 Å². The minimum absolute atomic E-state index is 0.217. The number of aryl methyl sites for hydroxylation is 1. The van der Waals surface area contributed by atoms with Gasteiger partial charge in [0.2, 0.25) is 15.7 Å². The van der Waals surface area contributed by atoms with E-state index in [4.69, 9.17) is 5.73 Å². The van der Waals surface area contributed by atoms with Gasteiger partial charge in [0.15, 0.2) is 0 Å². The summed E-state index contributed by atoms with van der Waals surface area (Å²) < 4.78 is 25.7. The van der Waals surface area contributed by atoms with Crippen molar-refractivity contribution in [1.82, 2.24) is 10.3 Å². The maximum absolute atomic E-state index is 12.9. The number of amides is 1. The fourth-order valence-corrected chi connectivity index (χ4v) is 5.39. The van der Waals surface area contributed by atoms with E-state index in [1.807, 2.05) is 19.1 Å². The molecule has 6 nitrogen and oxygen atoms in total. The summed E-state index contributed by atoms with van der Waals surface area (Å²) in [6.45, 7) is 2.12. The fourth-order valence-electron chi connectivity index (χ4n) is 4.02. The second kappa shape index (κ2) is 9.68. The number of aromatic nitrogens is 1. The fraction of sp³-hybridized carbons (Fsp3) is 0.231. The molecule has 0 radical (unpaired) electrons. The number of carbonyl (C=O) groups is 1. The molecule has 1 aliphatic rings. The van der Waals surface area contributed by atoms with E-state index in [0.717, 1.165) is 46.4 Å². The van der Waals surface area contributed by atoms with Gasteiger partial charge in [-0.1, -0.05) is 30.3 Å². The number of fused-ring (bicyclic) bond motifs is 1. The largest absolute Gasteiger partial charge is 0.350 e. The maximum Gasteiger partial charge on any atom is 0.241 e. The Morgan fingerprint density at radius 1 is 1.12 bits per heavy atom. The van der Waals surface area contributed by atoms with Crippen LogP contribution in [0.15, 0.2) is 76.8 Å². The Morgan fingerprint density at radius 3 is 2.67 bits per heavy atom. The molecule has 3 aromatic rings. The summed E-state index contributed by atoms with van der Waals surface area (Å²) >= 11 is 0. The van der Waals surface area contributed by atoms with E-state index >= 15 is 0 Å². The van der Waals surface area contributed by atoms with Crippen molar-refractivity contribution in [2.24, 2.45) is 5.73 Å². The summed E-state index contributed by atoms with van der Waals surface area (Å²) in [6.07, 6.45) is 8.28. The second-order valence-corrected chi connectivity index (χ2v) is 10.2. The molecule has 1 atom stereocenters. The first-order chi connectivity index (χ1) is 15.9.